The van der Waals surface area contributed by atoms with Gasteiger partial charge in [0.05, 0.1) is 18.8 Å². The summed E-state index contributed by atoms with van der Waals surface area (Å²) < 4.78 is 21.6. The fourth-order valence-corrected chi connectivity index (χ4v) is 5.28. The fourth-order valence-electron chi connectivity index (χ4n) is 4.32. The molecule has 0 bridgehead atoms. The molecule has 2 amide bonds. The number of halogens is 1. The highest BCUT2D eigenvalue weighted by Gasteiger charge is 2.32. The van der Waals surface area contributed by atoms with E-state index in [2.05, 4.69) is 40.3 Å². The highest BCUT2D eigenvalue weighted by atomic mass is 32.1. The lowest BCUT2D eigenvalue weighted by atomic mass is 10.0. The highest BCUT2D eigenvalue weighted by molar-refractivity contribution is 7.17. The van der Waals surface area contributed by atoms with Gasteiger partial charge in [-0.25, -0.2) is 9.18 Å². The number of carbonyl (C=O) groups is 2. The van der Waals surface area contributed by atoms with E-state index in [9.17, 15) is 9.59 Å². The van der Waals surface area contributed by atoms with Crippen LogP contribution in [0.4, 0.5) is 14.9 Å². The summed E-state index contributed by atoms with van der Waals surface area (Å²) in [6.45, 7) is 3.37. The Hall–Kier alpha value is -3.75. The van der Waals surface area contributed by atoms with Gasteiger partial charge in [0.25, 0.3) is 0 Å². The average Bonchev–Trinajstić information content (AvgIpc) is 3.46. The summed E-state index contributed by atoms with van der Waals surface area (Å²) in [5, 5.41) is 9.60. The molecule has 1 atom stereocenters. The van der Waals surface area contributed by atoms with Crippen LogP contribution in [0.1, 0.15) is 18.1 Å². The number of nitrogens with one attached hydrogen (secondary N) is 2. The van der Waals surface area contributed by atoms with Gasteiger partial charge in [0.2, 0.25) is 5.91 Å². The molecule has 1 saturated heterocycles. The summed E-state index contributed by atoms with van der Waals surface area (Å²) in [7, 11) is 0. The van der Waals surface area contributed by atoms with Crippen molar-refractivity contribution in [2.24, 2.45) is 0 Å². The van der Waals surface area contributed by atoms with E-state index in [0.29, 0.717) is 17.8 Å². The molecule has 36 heavy (non-hydrogen) atoms. The van der Waals surface area contributed by atoms with Crippen LogP contribution in [0.2, 0.25) is 0 Å². The highest BCUT2D eigenvalue weighted by Crippen LogP contribution is 2.29. The number of hydrogen-bond donors (Lipinski definition) is 2. The number of ether oxygens (including phenoxy) is 1. The van der Waals surface area contributed by atoms with Crippen LogP contribution < -0.4 is 15.5 Å². The van der Waals surface area contributed by atoms with Crippen molar-refractivity contribution in [2.75, 3.05) is 18.0 Å². The van der Waals surface area contributed by atoms with Gasteiger partial charge in [0.1, 0.15) is 11.9 Å². The third-order valence-corrected chi connectivity index (χ3v) is 7.20. The molecule has 1 fully saturated rings. The molecule has 184 valence electrons. The second kappa shape index (κ2) is 10.5. The van der Waals surface area contributed by atoms with Crippen molar-refractivity contribution in [3.63, 3.8) is 0 Å². The Kier molecular flexibility index (Phi) is 6.97. The van der Waals surface area contributed by atoms with Gasteiger partial charge in [-0.1, -0.05) is 42.5 Å². The van der Waals surface area contributed by atoms with Gasteiger partial charge < -0.3 is 15.4 Å². The number of anilines is 1. The Morgan fingerprint density at radius 1 is 1.11 bits per heavy atom. The lowest BCUT2D eigenvalue weighted by molar-refractivity contribution is -0.119. The third-order valence-electron chi connectivity index (χ3n) is 6.19. The topological polar surface area (TPSA) is 70.7 Å². The maximum absolute atomic E-state index is 15.0. The van der Waals surface area contributed by atoms with E-state index >= 15 is 4.39 Å². The molecule has 0 unspecified atom stereocenters. The number of hydrogen-bond acceptors (Lipinski definition) is 5. The number of rotatable bonds is 8. The number of benzene rings is 3. The van der Waals surface area contributed by atoms with Gasteiger partial charge in [-0.05, 0) is 51.7 Å². The number of thiophene rings is 1. The van der Waals surface area contributed by atoms with Gasteiger partial charge in [-0.15, -0.1) is 11.3 Å². The molecule has 3 aromatic carbocycles. The van der Waals surface area contributed by atoms with Gasteiger partial charge in [-0.3, -0.25) is 9.69 Å². The zero-order valence-electron chi connectivity index (χ0n) is 19.8. The van der Waals surface area contributed by atoms with Crippen LogP contribution in [0.5, 0.6) is 0 Å². The van der Waals surface area contributed by atoms with E-state index in [1.54, 1.807) is 23.5 Å². The van der Waals surface area contributed by atoms with Gasteiger partial charge in [0.15, 0.2) is 0 Å². The standard InChI is InChI=1S/C28H26FN3O3S/c1-18(33)31-15-23-16-32(28(34)35-23)22-10-11-24(26(29)12-22)20-8-6-19(7-9-20)13-30-14-21-17-36-27-5-3-2-4-25(21)27/h2-12,17,23,30H,13-16H2,1H3,(H,31,33)/t23-/m0/s1. The lowest BCUT2D eigenvalue weighted by Gasteiger charge is -2.15. The van der Waals surface area contributed by atoms with Crippen molar-refractivity contribution in [1.29, 1.82) is 0 Å². The molecule has 2 heterocycles. The van der Waals surface area contributed by atoms with Crippen molar-refractivity contribution >= 4 is 39.1 Å². The van der Waals surface area contributed by atoms with Crippen LogP contribution in [-0.4, -0.2) is 31.2 Å². The normalized spacial score (nSPS) is 15.3. The van der Waals surface area contributed by atoms with Crippen LogP contribution in [-0.2, 0) is 22.6 Å². The zero-order chi connectivity index (χ0) is 25.1. The zero-order valence-corrected chi connectivity index (χ0v) is 20.6. The summed E-state index contributed by atoms with van der Waals surface area (Å²) in [4.78, 5) is 24.7. The van der Waals surface area contributed by atoms with Gasteiger partial charge >= 0.3 is 6.09 Å². The summed E-state index contributed by atoms with van der Waals surface area (Å²) >= 11 is 1.75. The van der Waals surface area contributed by atoms with E-state index in [1.807, 2.05) is 24.3 Å². The van der Waals surface area contributed by atoms with Crippen molar-refractivity contribution in [3.05, 3.63) is 89.1 Å². The molecular weight excluding hydrogens is 477 g/mol. The first-order valence-corrected chi connectivity index (χ1v) is 12.6. The molecule has 1 aromatic heterocycles. The van der Waals surface area contributed by atoms with Crippen molar-refractivity contribution in [1.82, 2.24) is 10.6 Å². The molecule has 0 aliphatic carbocycles. The van der Waals surface area contributed by atoms with Crippen LogP contribution in [0.3, 0.4) is 0 Å². The molecule has 1 aliphatic heterocycles. The molecule has 2 N–H and O–H groups in total. The molecule has 0 spiro atoms. The van der Waals surface area contributed by atoms with Gasteiger partial charge in [-0.2, -0.15) is 0 Å². The smallest absolute Gasteiger partial charge is 0.414 e. The summed E-state index contributed by atoms with van der Waals surface area (Å²) in [6, 6.07) is 20.9. The van der Waals surface area contributed by atoms with E-state index in [0.717, 1.165) is 17.7 Å². The monoisotopic (exact) mass is 503 g/mol. The number of cyclic esters (lactones) is 1. The quantitative estimate of drug-likeness (QED) is 0.335. The number of nitrogens with zero attached hydrogens (tertiary/aromatic N) is 1. The Labute approximate surface area is 212 Å². The first-order valence-electron chi connectivity index (χ1n) is 11.8. The van der Waals surface area contributed by atoms with Crippen molar-refractivity contribution < 1.29 is 18.7 Å². The molecule has 6 nitrogen and oxygen atoms in total. The predicted octanol–water partition coefficient (Wildman–Crippen LogP) is 5.46. The fraction of sp³-hybridized carbons (Fsp3) is 0.214. The molecular formula is C28H26FN3O3S. The largest absolute Gasteiger partial charge is 0.442 e. The Morgan fingerprint density at radius 3 is 2.69 bits per heavy atom. The third kappa shape index (κ3) is 5.24. The predicted molar refractivity (Wildman–Crippen MR) is 141 cm³/mol. The van der Waals surface area contributed by atoms with Gasteiger partial charge in [0, 0.05) is 30.3 Å². The molecule has 4 aromatic rings. The maximum Gasteiger partial charge on any atom is 0.414 e. The molecule has 0 saturated carbocycles. The Morgan fingerprint density at radius 2 is 1.92 bits per heavy atom. The van der Waals surface area contributed by atoms with Crippen molar-refractivity contribution in [2.45, 2.75) is 26.1 Å². The second-order valence-electron chi connectivity index (χ2n) is 8.78. The first-order chi connectivity index (χ1) is 17.5. The summed E-state index contributed by atoms with van der Waals surface area (Å²) in [5.74, 6) is -0.612. The molecule has 1 aliphatic rings. The minimum atomic E-state index is -0.551. The van der Waals surface area contributed by atoms with Crippen LogP contribution in [0.15, 0.2) is 72.1 Å². The second-order valence-corrected chi connectivity index (χ2v) is 9.69. The summed E-state index contributed by atoms with van der Waals surface area (Å²) in [5.41, 5.74) is 4.05. The van der Waals surface area contributed by atoms with E-state index < -0.39 is 18.0 Å². The molecule has 8 heteroatoms. The summed E-state index contributed by atoms with van der Waals surface area (Å²) in [6.07, 6.45) is -1.02. The maximum atomic E-state index is 15.0. The van der Waals surface area contributed by atoms with Crippen LogP contribution in [0.25, 0.3) is 21.2 Å². The van der Waals surface area contributed by atoms with E-state index in [4.69, 9.17) is 4.74 Å². The Balaban J connectivity index is 1.20. The minimum absolute atomic E-state index is 0.197. The number of carbonyl (C=O) groups excluding carboxylic acids is 2. The van der Waals surface area contributed by atoms with Crippen LogP contribution >= 0.6 is 11.3 Å². The first kappa shape index (κ1) is 24.0. The molecule has 5 rings (SSSR count). The minimum Gasteiger partial charge on any atom is -0.442 e. The SMILES string of the molecule is CC(=O)NC[C@H]1CN(c2ccc(-c3ccc(CNCc4csc5ccccc45)cc3)c(F)c2)C(=O)O1. The average molecular weight is 504 g/mol. The number of amides is 2. The van der Waals surface area contributed by atoms with E-state index in [-0.39, 0.29) is 19.0 Å². The Bertz CT molecular complexity index is 1400. The lowest BCUT2D eigenvalue weighted by Crippen LogP contribution is -2.33. The number of fused-ring (bicyclic) bond motifs is 1. The van der Waals surface area contributed by atoms with E-state index in [1.165, 1.54) is 33.5 Å². The molecule has 0 radical (unpaired) electrons. The van der Waals surface area contributed by atoms with Crippen LogP contribution in [0, 0.1) is 5.82 Å². The van der Waals surface area contributed by atoms with Crippen molar-refractivity contribution in [3.8, 4) is 11.1 Å².